The first kappa shape index (κ1) is 12.8. The maximum Gasteiger partial charge on any atom is 0.180 e. The molecule has 0 fully saturated rings. The first-order valence-electron chi connectivity index (χ1n) is 6.17. The second-order valence-electron chi connectivity index (χ2n) is 4.77. The summed E-state index contributed by atoms with van der Waals surface area (Å²) in [6, 6.07) is 11.3. The molecule has 2 heterocycles. The van der Waals surface area contributed by atoms with Crippen LogP contribution >= 0.6 is 11.3 Å². The average Bonchev–Trinajstić information content (AvgIpc) is 2.90. The lowest BCUT2D eigenvalue weighted by molar-refractivity contribution is 0.569. The molecule has 0 amide bonds. The Morgan fingerprint density at radius 3 is 2.79 bits per heavy atom. The van der Waals surface area contributed by atoms with E-state index in [2.05, 4.69) is 24.4 Å². The normalized spacial score (nSPS) is 20.4. The average molecular weight is 293 g/mol. The van der Waals surface area contributed by atoms with Crippen LogP contribution in [-0.2, 0) is 16.4 Å². The van der Waals surface area contributed by atoms with E-state index in [-0.39, 0.29) is 11.8 Å². The van der Waals surface area contributed by atoms with Crippen molar-refractivity contribution in [2.45, 2.75) is 24.4 Å². The van der Waals surface area contributed by atoms with Crippen molar-refractivity contribution in [2.75, 3.05) is 5.75 Å². The zero-order chi connectivity index (χ0) is 13.5. The highest BCUT2D eigenvalue weighted by molar-refractivity contribution is 7.91. The van der Waals surface area contributed by atoms with Gasteiger partial charge in [0, 0.05) is 22.3 Å². The standard InChI is InChI=1S/C14H15NO2S2/c1-10-6-7-11(18-10)8-15-13-9-19(16,17)14-5-3-2-4-12(13)14/h2-7,13,15H,8-9H2,1H3. The molecule has 2 aromatic rings. The van der Waals surface area contributed by atoms with Gasteiger partial charge in [0.1, 0.15) is 0 Å². The first-order valence-corrected chi connectivity index (χ1v) is 8.63. The smallest absolute Gasteiger partial charge is 0.180 e. The summed E-state index contributed by atoms with van der Waals surface area (Å²) < 4.78 is 24.1. The van der Waals surface area contributed by atoms with Crippen molar-refractivity contribution in [1.29, 1.82) is 0 Å². The molecular formula is C14H15NO2S2. The van der Waals surface area contributed by atoms with Crippen molar-refractivity contribution >= 4 is 21.2 Å². The molecule has 1 aromatic carbocycles. The summed E-state index contributed by atoms with van der Waals surface area (Å²) in [6.45, 7) is 2.79. The van der Waals surface area contributed by atoms with Gasteiger partial charge in [-0.25, -0.2) is 8.42 Å². The first-order chi connectivity index (χ1) is 9.06. The number of nitrogens with one attached hydrogen (secondary N) is 1. The summed E-state index contributed by atoms with van der Waals surface area (Å²) in [5.41, 5.74) is 0.899. The Morgan fingerprint density at radius 1 is 1.26 bits per heavy atom. The molecule has 3 rings (SSSR count). The summed E-state index contributed by atoms with van der Waals surface area (Å²) in [5.74, 6) is 0.163. The van der Waals surface area contributed by atoms with Gasteiger partial charge in [-0.3, -0.25) is 0 Å². The number of fused-ring (bicyclic) bond motifs is 1. The largest absolute Gasteiger partial charge is 0.304 e. The zero-order valence-electron chi connectivity index (χ0n) is 10.6. The molecule has 1 aromatic heterocycles. The summed E-state index contributed by atoms with van der Waals surface area (Å²) in [7, 11) is -3.11. The predicted octanol–water partition coefficient (Wildman–Crippen LogP) is 2.67. The van der Waals surface area contributed by atoms with Gasteiger partial charge in [0.15, 0.2) is 9.84 Å². The molecule has 100 valence electrons. The van der Waals surface area contributed by atoms with Crippen LogP contribution in [0, 0.1) is 6.92 Å². The Bertz CT molecular complexity index is 704. The van der Waals surface area contributed by atoms with Crippen molar-refractivity contribution in [3.8, 4) is 0 Å². The maximum atomic E-state index is 12.0. The Hall–Kier alpha value is -1.17. The molecule has 0 spiro atoms. The molecule has 0 saturated carbocycles. The van der Waals surface area contributed by atoms with E-state index >= 15 is 0 Å². The van der Waals surface area contributed by atoms with E-state index in [0.717, 1.165) is 5.56 Å². The third kappa shape index (κ3) is 2.45. The second kappa shape index (κ2) is 4.74. The Labute approximate surface area is 117 Å². The third-order valence-corrected chi connectivity index (χ3v) is 6.15. The third-order valence-electron chi connectivity index (χ3n) is 3.33. The molecule has 0 aliphatic carbocycles. The molecule has 1 aliphatic heterocycles. The van der Waals surface area contributed by atoms with Crippen molar-refractivity contribution < 1.29 is 8.42 Å². The number of sulfone groups is 1. The highest BCUT2D eigenvalue weighted by Gasteiger charge is 2.33. The number of aryl methyl sites for hydroxylation is 1. The van der Waals surface area contributed by atoms with Gasteiger partial charge in [0.05, 0.1) is 10.6 Å². The van der Waals surface area contributed by atoms with Crippen LogP contribution in [0.5, 0.6) is 0 Å². The topological polar surface area (TPSA) is 46.2 Å². The fraction of sp³-hybridized carbons (Fsp3) is 0.286. The fourth-order valence-electron chi connectivity index (χ4n) is 2.42. The number of rotatable bonds is 3. The Morgan fingerprint density at radius 2 is 2.05 bits per heavy atom. The van der Waals surface area contributed by atoms with Crippen LogP contribution in [0.3, 0.4) is 0 Å². The molecule has 1 N–H and O–H groups in total. The number of thiophene rings is 1. The molecule has 0 bridgehead atoms. The van der Waals surface area contributed by atoms with Crippen molar-refractivity contribution in [1.82, 2.24) is 5.32 Å². The quantitative estimate of drug-likeness (QED) is 0.946. The number of benzene rings is 1. The Kier molecular flexibility index (Phi) is 3.20. The number of hydrogen-bond acceptors (Lipinski definition) is 4. The van der Waals surface area contributed by atoms with E-state index < -0.39 is 9.84 Å². The molecule has 0 radical (unpaired) electrons. The fourth-order valence-corrected chi connectivity index (χ4v) is 5.04. The number of hydrogen-bond donors (Lipinski definition) is 1. The van der Waals surface area contributed by atoms with Crippen LogP contribution in [0.2, 0.25) is 0 Å². The van der Waals surface area contributed by atoms with Gasteiger partial charge in [0.2, 0.25) is 0 Å². The summed E-state index contributed by atoms with van der Waals surface area (Å²) in [6.07, 6.45) is 0. The lowest BCUT2D eigenvalue weighted by Crippen LogP contribution is -2.21. The van der Waals surface area contributed by atoms with E-state index in [1.807, 2.05) is 12.1 Å². The van der Waals surface area contributed by atoms with Crippen LogP contribution in [0.25, 0.3) is 0 Å². The molecule has 19 heavy (non-hydrogen) atoms. The van der Waals surface area contributed by atoms with Crippen molar-refractivity contribution in [2.24, 2.45) is 0 Å². The molecule has 0 saturated heterocycles. The molecule has 1 atom stereocenters. The minimum absolute atomic E-state index is 0.0939. The van der Waals surface area contributed by atoms with Crippen LogP contribution in [0.4, 0.5) is 0 Å². The second-order valence-corrected chi connectivity index (χ2v) is 8.14. The van der Waals surface area contributed by atoms with E-state index in [0.29, 0.717) is 11.4 Å². The van der Waals surface area contributed by atoms with E-state index in [4.69, 9.17) is 0 Å². The van der Waals surface area contributed by atoms with Crippen LogP contribution in [0.15, 0.2) is 41.3 Å². The minimum atomic E-state index is -3.11. The van der Waals surface area contributed by atoms with Crippen molar-refractivity contribution in [3.63, 3.8) is 0 Å². The van der Waals surface area contributed by atoms with Gasteiger partial charge in [0.25, 0.3) is 0 Å². The molecule has 1 aliphatic rings. The van der Waals surface area contributed by atoms with Gasteiger partial charge in [-0.2, -0.15) is 0 Å². The van der Waals surface area contributed by atoms with Gasteiger partial charge in [-0.1, -0.05) is 18.2 Å². The van der Waals surface area contributed by atoms with Crippen LogP contribution in [-0.4, -0.2) is 14.2 Å². The van der Waals surface area contributed by atoms with Crippen molar-refractivity contribution in [3.05, 3.63) is 51.7 Å². The zero-order valence-corrected chi connectivity index (χ0v) is 12.2. The van der Waals surface area contributed by atoms with Crippen LogP contribution in [0.1, 0.15) is 21.4 Å². The Balaban J connectivity index is 1.80. The van der Waals surface area contributed by atoms with Gasteiger partial charge in [-0.15, -0.1) is 11.3 Å². The monoisotopic (exact) mass is 293 g/mol. The maximum absolute atomic E-state index is 12.0. The van der Waals surface area contributed by atoms with Gasteiger partial charge < -0.3 is 5.32 Å². The van der Waals surface area contributed by atoms with Crippen LogP contribution < -0.4 is 5.32 Å². The highest BCUT2D eigenvalue weighted by atomic mass is 32.2. The minimum Gasteiger partial charge on any atom is -0.304 e. The molecule has 1 unspecified atom stereocenters. The SMILES string of the molecule is Cc1ccc(CNC2CS(=O)(=O)c3ccccc32)s1. The van der Waals surface area contributed by atoms with E-state index in [1.165, 1.54) is 9.75 Å². The molecule has 3 nitrogen and oxygen atoms in total. The van der Waals surface area contributed by atoms with Gasteiger partial charge >= 0.3 is 0 Å². The highest BCUT2D eigenvalue weighted by Crippen LogP contribution is 2.33. The lowest BCUT2D eigenvalue weighted by Gasteiger charge is -2.11. The summed E-state index contributed by atoms with van der Waals surface area (Å²) in [4.78, 5) is 2.99. The lowest BCUT2D eigenvalue weighted by atomic mass is 10.1. The van der Waals surface area contributed by atoms with Gasteiger partial charge in [-0.05, 0) is 30.7 Å². The van der Waals surface area contributed by atoms with E-state index in [1.54, 1.807) is 23.5 Å². The molecular weight excluding hydrogens is 278 g/mol. The van der Waals surface area contributed by atoms with E-state index in [9.17, 15) is 8.42 Å². The predicted molar refractivity (Wildman–Crippen MR) is 77.1 cm³/mol. The summed E-state index contributed by atoms with van der Waals surface area (Å²) >= 11 is 1.74. The molecule has 5 heteroatoms. The summed E-state index contributed by atoms with van der Waals surface area (Å²) in [5, 5.41) is 3.35.